The third kappa shape index (κ3) is 1.71. The van der Waals surface area contributed by atoms with Gasteiger partial charge in [-0.15, -0.1) is 0 Å². The van der Waals surface area contributed by atoms with E-state index in [-0.39, 0.29) is 5.78 Å². The highest BCUT2D eigenvalue weighted by molar-refractivity contribution is 6.01. The van der Waals surface area contributed by atoms with Gasteiger partial charge in [0.15, 0.2) is 5.78 Å². The van der Waals surface area contributed by atoms with Crippen molar-refractivity contribution in [2.75, 3.05) is 7.11 Å². The van der Waals surface area contributed by atoms with E-state index < -0.39 is 5.97 Å². The Morgan fingerprint density at radius 3 is 2.88 bits per heavy atom. The van der Waals surface area contributed by atoms with Crippen LogP contribution in [0.3, 0.4) is 0 Å². The molecule has 4 nitrogen and oxygen atoms in total. The number of fused-ring (bicyclic) bond motifs is 1. The van der Waals surface area contributed by atoms with Gasteiger partial charge in [0.1, 0.15) is 0 Å². The number of esters is 1. The summed E-state index contributed by atoms with van der Waals surface area (Å²) in [5.74, 6) is -0.370. The molecule has 0 fully saturated rings. The molecule has 0 radical (unpaired) electrons. The molecule has 1 aromatic heterocycles. The lowest BCUT2D eigenvalue weighted by Gasteiger charge is -2.15. The maximum Gasteiger partial charge on any atom is 0.339 e. The van der Waals surface area contributed by atoms with Crippen molar-refractivity contribution in [1.82, 2.24) is 4.98 Å². The van der Waals surface area contributed by atoms with Crippen LogP contribution in [0.4, 0.5) is 0 Å². The predicted octanol–water partition coefficient (Wildman–Crippen LogP) is 1.70. The minimum atomic E-state index is -0.439. The summed E-state index contributed by atoms with van der Waals surface area (Å²) in [6.45, 7) is 1.76. The lowest BCUT2D eigenvalue weighted by molar-refractivity contribution is 0.0599. The number of carbonyl (C=O) groups excluding carboxylic acids is 2. The van der Waals surface area contributed by atoms with Gasteiger partial charge in [-0.05, 0) is 25.8 Å². The zero-order valence-corrected chi connectivity index (χ0v) is 9.37. The first-order chi connectivity index (χ1) is 7.63. The van der Waals surface area contributed by atoms with Crippen LogP contribution in [0.15, 0.2) is 6.07 Å². The topological polar surface area (TPSA) is 56.3 Å². The first-order valence-electron chi connectivity index (χ1n) is 5.25. The minimum absolute atomic E-state index is 0.0684. The summed E-state index contributed by atoms with van der Waals surface area (Å²) in [5, 5.41) is 0. The number of rotatable bonds is 1. The first-order valence-corrected chi connectivity index (χ1v) is 5.25. The highest BCUT2D eigenvalue weighted by Crippen LogP contribution is 2.22. The molecule has 0 bridgehead atoms. The van der Waals surface area contributed by atoms with Crippen LogP contribution in [0.5, 0.6) is 0 Å². The molecule has 0 saturated carbocycles. The van der Waals surface area contributed by atoms with Gasteiger partial charge in [0.05, 0.1) is 24.1 Å². The lowest BCUT2D eigenvalue weighted by atomic mass is 9.93. The third-order valence-electron chi connectivity index (χ3n) is 2.82. The molecule has 1 aliphatic rings. The number of aromatic nitrogens is 1. The Morgan fingerprint density at radius 2 is 2.19 bits per heavy atom. The van der Waals surface area contributed by atoms with Gasteiger partial charge >= 0.3 is 5.97 Å². The average molecular weight is 219 g/mol. The largest absolute Gasteiger partial charge is 0.465 e. The van der Waals surface area contributed by atoms with E-state index in [2.05, 4.69) is 9.72 Å². The molecule has 0 spiro atoms. The molecular formula is C12H13NO3. The van der Waals surface area contributed by atoms with Crippen molar-refractivity contribution in [3.05, 3.63) is 28.6 Å². The SMILES string of the molecule is COC(=O)c1cc2c(nc1C)CCCC2=O. The zero-order chi connectivity index (χ0) is 11.7. The number of Topliss-reactive ketones (excluding diaryl/α,β-unsaturated/α-hetero) is 1. The highest BCUT2D eigenvalue weighted by atomic mass is 16.5. The number of carbonyl (C=O) groups is 2. The molecule has 0 unspecified atom stereocenters. The molecule has 0 N–H and O–H groups in total. The monoisotopic (exact) mass is 219 g/mol. The van der Waals surface area contributed by atoms with Crippen molar-refractivity contribution in [3.8, 4) is 0 Å². The number of methoxy groups -OCH3 is 1. The van der Waals surface area contributed by atoms with Gasteiger partial charge in [0.2, 0.25) is 0 Å². The Morgan fingerprint density at radius 1 is 1.44 bits per heavy atom. The molecule has 16 heavy (non-hydrogen) atoms. The van der Waals surface area contributed by atoms with Gasteiger partial charge in [-0.3, -0.25) is 9.78 Å². The van der Waals surface area contributed by atoms with Crippen LogP contribution in [0.25, 0.3) is 0 Å². The smallest absolute Gasteiger partial charge is 0.339 e. The number of ketones is 1. The molecule has 1 aliphatic carbocycles. The number of ether oxygens (including phenoxy) is 1. The second kappa shape index (κ2) is 4.04. The number of hydrogen-bond donors (Lipinski definition) is 0. The lowest BCUT2D eigenvalue weighted by Crippen LogP contribution is -2.16. The van der Waals surface area contributed by atoms with Gasteiger partial charge in [0, 0.05) is 12.0 Å². The Hall–Kier alpha value is -1.71. The van der Waals surface area contributed by atoms with Gasteiger partial charge in [0.25, 0.3) is 0 Å². The van der Waals surface area contributed by atoms with Crippen LogP contribution >= 0.6 is 0 Å². The average Bonchev–Trinajstić information content (AvgIpc) is 2.28. The molecule has 0 aliphatic heterocycles. The van der Waals surface area contributed by atoms with E-state index in [0.717, 1.165) is 18.5 Å². The van der Waals surface area contributed by atoms with Crippen molar-refractivity contribution in [2.24, 2.45) is 0 Å². The third-order valence-corrected chi connectivity index (χ3v) is 2.82. The zero-order valence-electron chi connectivity index (χ0n) is 9.37. The minimum Gasteiger partial charge on any atom is -0.465 e. The molecule has 84 valence electrons. The Balaban J connectivity index is 2.54. The summed E-state index contributed by atoms with van der Waals surface area (Å²) < 4.78 is 4.65. The number of pyridine rings is 1. The Kier molecular flexibility index (Phi) is 2.73. The fourth-order valence-corrected chi connectivity index (χ4v) is 1.95. The Labute approximate surface area is 93.6 Å². The van der Waals surface area contributed by atoms with Gasteiger partial charge in [-0.25, -0.2) is 4.79 Å². The van der Waals surface area contributed by atoms with E-state index in [1.807, 2.05) is 0 Å². The summed E-state index contributed by atoms with van der Waals surface area (Å²) in [4.78, 5) is 27.4. The fraction of sp³-hybridized carbons (Fsp3) is 0.417. The van der Waals surface area contributed by atoms with Crippen LogP contribution < -0.4 is 0 Å². The first kappa shape index (κ1) is 10.8. The highest BCUT2D eigenvalue weighted by Gasteiger charge is 2.22. The molecule has 1 heterocycles. The second-order valence-corrected chi connectivity index (χ2v) is 3.88. The van der Waals surface area contributed by atoms with Crippen LogP contribution in [-0.2, 0) is 11.2 Å². The van der Waals surface area contributed by atoms with Crippen LogP contribution in [0.1, 0.15) is 44.9 Å². The van der Waals surface area contributed by atoms with Crippen LogP contribution in [0.2, 0.25) is 0 Å². The predicted molar refractivity (Wildman–Crippen MR) is 57.6 cm³/mol. The van der Waals surface area contributed by atoms with Crippen molar-refractivity contribution < 1.29 is 14.3 Å². The van der Waals surface area contributed by atoms with E-state index in [4.69, 9.17) is 0 Å². The molecule has 2 rings (SSSR count). The summed E-state index contributed by atoms with van der Waals surface area (Å²) in [6.07, 6.45) is 2.19. The molecular weight excluding hydrogens is 206 g/mol. The quantitative estimate of drug-likeness (QED) is 0.674. The van der Waals surface area contributed by atoms with E-state index in [0.29, 0.717) is 23.2 Å². The summed E-state index contributed by atoms with van der Waals surface area (Å²) >= 11 is 0. The van der Waals surface area contributed by atoms with E-state index >= 15 is 0 Å². The molecule has 0 saturated heterocycles. The number of hydrogen-bond acceptors (Lipinski definition) is 4. The van der Waals surface area contributed by atoms with Crippen molar-refractivity contribution in [2.45, 2.75) is 26.2 Å². The van der Waals surface area contributed by atoms with Gasteiger partial charge < -0.3 is 4.74 Å². The normalized spacial score (nSPS) is 14.5. The number of aryl methyl sites for hydroxylation is 2. The maximum atomic E-state index is 11.7. The van der Waals surface area contributed by atoms with E-state index in [1.165, 1.54) is 7.11 Å². The number of nitrogens with zero attached hydrogens (tertiary/aromatic N) is 1. The maximum absolute atomic E-state index is 11.7. The van der Waals surface area contributed by atoms with Crippen LogP contribution in [-0.4, -0.2) is 23.8 Å². The molecule has 1 aromatic rings. The Bertz CT molecular complexity index is 466. The van der Waals surface area contributed by atoms with Gasteiger partial charge in [-0.1, -0.05) is 0 Å². The molecule has 0 atom stereocenters. The fourth-order valence-electron chi connectivity index (χ4n) is 1.95. The second-order valence-electron chi connectivity index (χ2n) is 3.88. The standard InChI is InChI=1S/C12H13NO3/c1-7-8(12(15)16-2)6-9-10(13-7)4-3-5-11(9)14/h6H,3-5H2,1-2H3. The van der Waals surface area contributed by atoms with Crippen molar-refractivity contribution in [1.29, 1.82) is 0 Å². The van der Waals surface area contributed by atoms with Crippen molar-refractivity contribution >= 4 is 11.8 Å². The van der Waals surface area contributed by atoms with Crippen molar-refractivity contribution in [3.63, 3.8) is 0 Å². The van der Waals surface area contributed by atoms with Crippen LogP contribution in [0, 0.1) is 6.92 Å². The summed E-state index contributed by atoms with van der Waals surface area (Å²) in [5.41, 5.74) is 2.40. The molecule has 4 heteroatoms. The van der Waals surface area contributed by atoms with E-state index in [1.54, 1.807) is 13.0 Å². The summed E-state index contributed by atoms with van der Waals surface area (Å²) in [6, 6.07) is 1.62. The molecule has 0 amide bonds. The summed E-state index contributed by atoms with van der Waals surface area (Å²) in [7, 11) is 1.32. The molecule has 0 aromatic carbocycles. The van der Waals surface area contributed by atoms with Gasteiger partial charge in [-0.2, -0.15) is 0 Å². The van der Waals surface area contributed by atoms with E-state index in [9.17, 15) is 9.59 Å².